The number of hydrogen-bond acceptors (Lipinski definition) is 3. The highest BCUT2D eigenvalue weighted by atomic mass is 127. The molecule has 3 rings (SSSR count). The zero-order chi connectivity index (χ0) is 16.9. The van der Waals surface area contributed by atoms with Crippen LogP contribution in [0.5, 0.6) is 0 Å². The van der Waals surface area contributed by atoms with Gasteiger partial charge in [0.25, 0.3) is 0 Å². The van der Waals surface area contributed by atoms with Crippen LogP contribution in [0.3, 0.4) is 0 Å². The van der Waals surface area contributed by atoms with Crippen molar-refractivity contribution >= 4 is 35.6 Å². The summed E-state index contributed by atoms with van der Waals surface area (Å²) < 4.78 is 5.92. The van der Waals surface area contributed by atoms with E-state index in [2.05, 4.69) is 59.1 Å². The first-order valence-corrected chi connectivity index (χ1v) is 9.10. The van der Waals surface area contributed by atoms with E-state index in [0.717, 1.165) is 24.6 Å². The maximum Gasteiger partial charge on any atom is 0.191 e. The summed E-state index contributed by atoms with van der Waals surface area (Å²) in [6, 6.07) is 11.1. The first-order valence-electron chi connectivity index (χ1n) is 9.10. The summed E-state index contributed by atoms with van der Waals surface area (Å²) >= 11 is 0. The van der Waals surface area contributed by atoms with Crippen molar-refractivity contribution in [3.05, 3.63) is 30.3 Å². The first kappa shape index (κ1) is 20.3. The van der Waals surface area contributed by atoms with Crippen molar-refractivity contribution in [2.45, 2.75) is 57.4 Å². The van der Waals surface area contributed by atoms with E-state index in [9.17, 15) is 0 Å². The van der Waals surface area contributed by atoms with Crippen LogP contribution in [0.1, 0.15) is 33.1 Å². The lowest BCUT2D eigenvalue weighted by molar-refractivity contribution is 0.0992. The average Bonchev–Trinajstić information content (AvgIpc) is 3.20. The van der Waals surface area contributed by atoms with Gasteiger partial charge in [0, 0.05) is 25.3 Å². The maximum atomic E-state index is 5.92. The summed E-state index contributed by atoms with van der Waals surface area (Å²) in [5, 5.41) is 10.6. The Morgan fingerprint density at radius 1 is 1.24 bits per heavy atom. The fraction of sp³-hybridized carbons (Fsp3) is 0.632. The van der Waals surface area contributed by atoms with E-state index >= 15 is 0 Å². The predicted molar refractivity (Wildman–Crippen MR) is 115 cm³/mol. The highest BCUT2D eigenvalue weighted by Gasteiger charge is 2.41. The summed E-state index contributed by atoms with van der Waals surface area (Å²) in [5.74, 6) is 1.39. The molecule has 1 aromatic rings. The molecule has 0 saturated carbocycles. The highest BCUT2D eigenvalue weighted by molar-refractivity contribution is 14.0. The monoisotopic (exact) mass is 458 g/mol. The number of anilines is 1. The van der Waals surface area contributed by atoms with Crippen LogP contribution in [-0.4, -0.2) is 43.8 Å². The molecule has 140 valence electrons. The molecule has 0 aliphatic carbocycles. The van der Waals surface area contributed by atoms with Gasteiger partial charge < -0.3 is 20.7 Å². The van der Waals surface area contributed by atoms with Crippen LogP contribution in [0.15, 0.2) is 35.3 Å². The Kier molecular flexibility index (Phi) is 7.81. The molecule has 0 spiro atoms. The van der Waals surface area contributed by atoms with Gasteiger partial charge in [0.05, 0.1) is 18.2 Å². The van der Waals surface area contributed by atoms with Crippen molar-refractivity contribution in [1.82, 2.24) is 10.6 Å². The molecule has 4 atom stereocenters. The molecule has 2 aliphatic heterocycles. The topological polar surface area (TPSA) is 57.7 Å². The van der Waals surface area contributed by atoms with E-state index in [1.807, 2.05) is 13.1 Å². The Morgan fingerprint density at radius 2 is 2.00 bits per heavy atom. The Hall–Kier alpha value is -1.02. The number of hydrogen-bond donors (Lipinski definition) is 3. The third-order valence-electron chi connectivity index (χ3n) is 5.07. The molecule has 3 N–H and O–H groups in total. The van der Waals surface area contributed by atoms with Crippen molar-refractivity contribution in [1.29, 1.82) is 0 Å². The van der Waals surface area contributed by atoms with Gasteiger partial charge in [-0.1, -0.05) is 32.0 Å². The Balaban J connectivity index is 0.00000225. The highest BCUT2D eigenvalue weighted by Crippen LogP contribution is 2.34. The van der Waals surface area contributed by atoms with Gasteiger partial charge in [-0.3, -0.25) is 4.99 Å². The first-order chi connectivity index (χ1) is 11.7. The molecule has 0 aromatic heterocycles. The van der Waals surface area contributed by atoms with E-state index in [0.29, 0.717) is 30.2 Å². The van der Waals surface area contributed by atoms with E-state index < -0.39 is 0 Å². The minimum Gasteiger partial charge on any atom is -0.380 e. The molecule has 2 aliphatic rings. The number of halogens is 1. The van der Waals surface area contributed by atoms with Crippen molar-refractivity contribution in [2.75, 3.05) is 18.9 Å². The van der Waals surface area contributed by atoms with Crippen molar-refractivity contribution in [3.63, 3.8) is 0 Å². The van der Waals surface area contributed by atoms with Crippen LogP contribution in [0.2, 0.25) is 0 Å². The second kappa shape index (κ2) is 9.62. The van der Waals surface area contributed by atoms with Gasteiger partial charge in [0.15, 0.2) is 5.96 Å². The zero-order valence-electron chi connectivity index (χ0n) is 15.4. The largest absolute Gasteiger partial charge is 0.380 e. The van der Waals surface area contributed by atoms with Crippen LogP contribution in [-0.2, 0) is 4.74 Å². The van der Waals surface area contributed by atoms with E-state index in [1.165, 1.54) is 12.8 Å². The summed E-state index contributed by atoms with van der Waals surface area (Å²) in [4.78, 5) is 4.38. The lowest BCUT2D eigenvalue weighted by Crippen LogP contribution is -2.50. The zero-order valence-corrected chi connectivity index (χ0v) is 17.7. The molecule has 0 amide bonds. The number of nitrogens with zero attached hydrogens (tertiary/aromatic N) is 1. The summed E-state index contributed by atoms with van der Waals surface area (Å²) in [6.07, 6.45) is 4.29. The average molecular weight is 458 g/mol. The fourth-order valence-electron chi connectivity index (χ4n) is 3.57. The molecule has 2 bridgehead atoms. The van der Waals surface area contributed by atoms with Gasteiger partial charge in [0.1, 0.15) is 0 Å². The lowest BCUT2D eigenvalue weighted by Gasteiger charge is -2.27. The van der Waals surface area contributed by atoms with Gasteiger partial charge in [0.2, 0.25) is 0 Å². The van der Waals surface area contributed by atoms with Crippen LogP contribution in [0, 0.1) is 5.92 Å². The van der Waals surface area contributed by atoms with Crippen LogP contribution >= 0.6 is 24.0 Å². The minimum absolute atomic E-state index is 0. The standard InChI is InChI=1S/C19H30N4O.HI/c1-13(2)17(22-14-7-5-4-6-8-14)12-21-19(20-3)23-16-11-15-9-10-18(16)24-15;/h4-8,13,15-18,22H,9-12H2,1-3H3,(H2,20,21,23);1H. The molecule has 4 unspecified atom stereocenters. The van der Waals surface area contributed by atoms with Crippen molar-refractivity contribution in [3.8, 4) is 0 Å². The molecule has 1 aromatic carbocycles. The molecule has 2 heterocycles. The molecule has 6 heteroatoms. The number of rotatable bonds is 6. The Labute approximate surface area is 168 Å². The summed E-state index contributed by atoms with van der Waals surface area (Å²) in [5.41, 5.74) is 1.16. The third-order valence-corrected chi connectivity index (χ3v) is 5.07. The molecule has 5 nitrogen and oxygen atoms in total. The Morgan fingerprint density at radius 3 is 2.56 bits per heavy atom. The smallest absolute Gasteiger partial charge is 0.191 e. The second-order valence-electron chi connectivity index (χ2n) is 7.17. The maximum absolute atomic E-state index is 5.92. The Bertz CT molecular complexity index is 552. The number of benzene rings is 1. The number of guanidine groups is 1. The number of fused-ring (bicyclic) bond motifs is 2. The van der Waals surface area contributed by atoms with Gasteiger partial charge in [-0.25, -0.2) is 0 Å². The number of aliphatic imine (C=N–C) groups is 1. The van der Waals surface area contributed by atoms with Gasteiger partial charge in [-0.05, 0) is 37.3 Å². The van der Waals surface area contributed by atoms with Crippen LogP contribution in [0.4, 0.5) is 5.69 Å². The molecular formula is C19H31IN4O. The normalized spacial score (nSPS) is 26.2. The van der Waals surface area contributed by atoms with Crippen molar-refractivity contribution in [2.24, 2.45) is 10.9 Å². The van der Waals surface area contributed by atoms with Gasteiger partial charge in [-0.15, -0.1) is 24.0 Å². The quantitative estimate of drug-likeness (QED) is 0.348. The number of para-hydroxylation sites is 1. The molecule has 2 fully saturated rings. The molecule has 2 saturated heterocycles. The minimum atomic E-state index is 0. The van der Waals surface area contributed by atoms with Gasteiger partial charge >= 0.3 is 0 Å². The van der Waals surface area contributed by atoms with Crippen LogP contribution in [0.25, 0.3) is 0 Å². The van der Waals surface area contributed by atoms with E-state index in [4.69, 9.17) is 4.74 Å². The second-order valence-corrected chi connectivity index (χ2v) is 7.17. The summed E-state index contributed by atoms with van der Waals surface area (Å²) in [6.45, 7) is 5.30. The number of ether oxygens (including phenoxy) is 1. The van der Waals surface area contributed by atoms with E-state index in [-0.39, 0.29) is 24.0 Å². The van der Waals surface area contributed by atoms with E-state index in [1.54, 1.807) is 0 Å². The molecule has 25 heavy (non-hydrogen) atoms. The molecular weight excluding hydrogens is 427 g/mol. The van der Waals surface area contributed by atoms with Crippen molar-refractivity contribution < 1.29 is 4.74 Å². The SMILES string of the molecule is CN=C(NCC(Nc1ccccc1)C(C)C)NC1CC2CCC1O2.I. The third kappa shape index (κ3) is 5.48. The van der Waals surface area contributed by atoms with Crippen LogP contribution < -0.4 is 16.0 Å². The predicted octanol–water partition coefficient (Wildman–Crippen LogP) is 3.23. The lowest BCUT2D eigenvalue weighted by atomic mass is 9.96. The summed E-state index contributed by atoms with van der Waals surface area (Å²) in [7, 11) is 1.83. The van der Waals surface area contributed by atoms with Gasteiger partial charge in [-0.2, -0.15) is 0 Å². The fourth-order valence-corrected chi connectivity index (χ4v) is 3.57. The number of nitrogens with one attached hydrogen (secondary N) is 3. The molecule has 0 radical (unpaired) electrons.